The van der Waals surface area contributed by atoms with Crippen LogP contribution in [0.15, 0.2) is 16.8 Å². The number of hydrogen-bond acceptors (Lipinski definition) is 1. The largest absolute Gasteiger partial charge is 0.152 e. The monoisotopic (exact) mass is 154 g/mol. The Hall–Kier alpha value is -0.300. The molecule has 0 bridgehead atoms. The lowest BCUT2D eigenvalue weighted by Gasteiger charge is -2.16. The molecule has 0 aromatic carbocycles. The molecule has 0 aliphatic heterocycles. The van der Waals surface area contributed by atoms with Gasteiger partial charge in [-0.3, -0.25) is 0 Å². The molecule has 1 aromatic heterocycles. The maximum absolute atomic E-state index is 2.27. The van der Waals surface area contributed by atoms with Crippen LogP contribution in [0.4, 0.5) is 0 Å². The fourth-order valence-corrected chi connectivity index (χ4v) is 1.67. The van der Waals surface area contributed by atoms with E-state index in [9.17, 15) is 0 Å². The molecule has 0 unspecified atom stereocenters. The second-order valence-corrected chi connectivity index (χ2v) is 4.65. The van der Waals surface area contributed by atoms with E-state index >= 15 is 0 Å². The summed E-state index contributed by atoms with van der Waals surface area (Å²) < 4.78 is 0. The van der Waals surface area contributed by atoms with Crippen molar-refractivity contribution >= 4 is 11.3 Å². The van der Waals surface area contributed by atoms with Gasteiger partial charge in [0.05, 0.1) is 0 Å². The summed E-state index contributed by atoms with van der Waals surface area (Å²) in [4.78, 5) is 0. The van der Waals surface area contributed by atoms with Gasteiger partial charge in [-0.15, -0.1) is 0 Å². The molecule has 0 aliphatic rings. The highest BCUT2D eigenvalue weighted by atomic mass is 32.1. The molecule has 0 amide bonds. The van der Waals surface area contributed by atoms with Crippen LogP contribution in [-0.4, -0.2) is 0 Å². The van der Waals surface area contributed by atoms with Gasteiger partial charge in [-0.2, -0.15) is 11.3 Å². The maximum Gasteiger partial charge on any atom is -0.00611 e. The van der Waals surface area contributed by atoms with Gasteiger partial charge in [0.1, 0.15) is 0 Å². The van der Waals surface area contributed by atoms with Crippen LogP contribution in [-0.2, 0) is 6.42 Å². The molecule has 56 valence electrons. The zero-order valence-corrected chi connectivity index (χ0v) is 7.66. The predicted octanol–water partition coefficient (Wildman–Crippen LogP) is 3.34. The van der Waals surface area contributed by atoms with Crippen LogP contribution in [0.25, 0.3) is 0 Å². The standard InChI is InChI=1S/C9H14S/c1-9(2,3)6-8-4-5-10-7-8/h4-5,7H,6H2,1-3H3. The molecule has 1 rings (SSSR count). The normalized spacial score (nSPS) is 11.9. The maximum atomic E-state index is 2.27. The minimum absolute atomic E-state index is 0.432. The van der Waals surface area contributed by atoms with Crippen molar-refractivity contribution in [1.29, 1.82) is 0 Å². The topological polar surface area (TPSA) is 0 Å². The van der Waals surface area contributed by atoms with Gasteiger partial charge < -0.3 is 0 Å². The fraction of sp³-hybridized carbons (Fsp3) is 0.556. The van der Waals surface area contributed by atoms with E-state index in [1.807, 2.05) is 0 Å². The lowest BCUT2D eigenvalue weighted by molar-refractivity contribution is 0.412. The highest BCUT2D eigenvalue weighted by molar-refractivity contribution is 7.07. The Morgan fingerprint density at radius 1 is 1.40 bits per heavy atom. The summed E-state index contributed by atoms with van der Waals surface area (Å²) in [7, 11) is 0. The summed E-state index contributed by atoms with van der Waals surface area (Å²) in [5, 5.41) is 4.37. The minimum atomic E-state index is 0.432. The molecule has 1 heteroatoms. The lowest BCUT2D eigenvalue weighted by atomic mass is 9.89. The number of thiophene rings is 1. The van der Waals surface area contributed by atoms with Gasteiger partial charge in [-0.05, 0) is 34.2 Å². The van der Waals surface area contributed by atoms with Gasteiger partial charge >= 0.3 is 0 Å². The van der Waals surface area contributed by atoms with Gasteiger partial charge in [0.15, 0.2) is 0 Å². The van der Waals surface area contributed by atoms with Crippen LogP contribution < -0.4 is 0 Å². The first-order chi connectivity index (χ1) is 4.58. The summed E-state index contributed by atoms with van der Waals surface area (Å²) in [6, 6.07) is 2.20. The first-order valence-corrected chi connectivity index (χ1v) is 4.53. The minimum Gasteiger partial charge on any atom is -0.152 e. The molecule has 0 nitrogen and oxygen atoms in total. The van der Waals surface area contributed by atoms with Crippen molar-refractivity contribution in [1.82, 2.24) is 0 Å². The second kappa shape index (κ2) is 2.75. The predicted molar refractivity (Wildman–Crippen MR) is 47.5 cm³/mol. The third kappa shape index (κ3) is 2.53. The van der Waals surface area contributed by atoms with Crippen molar-refractivity contribution in [3.05, 3.63) is 22.4 Å². The molecular formula is C9H14S. The third-order valence-electron chi connectivity index (χ3n) is 1.31. The summed E-state index contributed by atoms with van der Waals surface area (Å²) in [5.41, 5.74) is 1.90. The zero-order chi connectivity index (χ0) is 7.61. The van der Waals surface area contributed by atoms with Gasteiger partial charge in [0.25, 0.3) is 0 Å². The average Bonchev–Trinajstić information content (AvgIpc) is 2.12. The molecule has 0 fully saturated rings. The Kier molecular flexibility index (Phi) is 2.14. The Balaban J connectivity index is 2.57. The third-order valence-corrected chi connectivity index (χ3v) is 2.05. The van der Waals surface area contributed by atoms with Crippen molar-refractivity contribution in [2.75, 3.05) is 0 Å². The van der Waals surface area contributed by atoms with E-state index in [1.54, 1.807) is 11.3 Å². The molecular weight excluding hydrogens is 140 g/mol. The molecule has 0 spiro atoms. The van der Waals surface area contributed by atoms with Crippen LogP contribution in [0, 0.1) is 5.41 Å². The summed E-state index contributed by atoms with van der Waals surface area (Å²) in [6.07, 6.45) is 1.19. The highest BCUT2D eigenvalue weighted by Gasteiger charge is 2.10. The van der Waals surface area contributed by atoms with E-state index in [4.69, 9.17) is 0 Å². The van der Waals surface area contributed by atoms with E-state index in [0.717, 1.165) is 0 Å². The van der Waals surface area contributed by atoms with Crippen molar-refractivity contribution in [3.8, 4) is 0 Å². The van der Waals surface area contributed by atoms with Crippen LogP contribution in [0.5, 0.6) is 0 Å². The van der Waals surface area contributed by atoms with Gasteiger partial charge in [-0.1, -0.05) is 20.8 Å². The van der Waals surface area contributed by atoms with E-state index in [2.05, 4.69) is 37.6 Å². The molecule has 0 radical (unpaired) electrons. The molecule has 0 N–H and O–H groups in total. The van der Waals surface area contributed by atoms with Crippen LogP contribution >= 0.6 is 11.3 Å². The number of hydrogen-bond donors (Lipinski definition) is 0. The first kappa shape index (κ1) is 7.80. The first-order valence-electron chi connectivity index (χ1n) is 3.59. The van der Waals surface area contributed by atoms with E-state index in [1.165, 1.54) is 12.0 Å². The average molecular weight is 154 g/mol. The van der Waals surface area contributed by atoms with Crippen LogP contribution in [0.3, 0.4) is 0 Å². The van der Waals surface area contributed by atoms with E-state index in [-0.39, 0.29) is 0 Å². The Labute approximate surface area is 66.9 Å². The van der Waals surface area contributed by atoms with E-state index < -0.39 is 0 Å². The van der Waals surface area contributed by atoms with Crippen molar-refractivity contribution in [3.63, 3.8) is 0 Å². The second-order valence-electron chi connectivity index (χ2n) is 3.87. The smallest absolute Gasteiger partial charge is 0.00611 e. The zero-order valence-electron chi connectivity index (χ0n) is 6.85. The number of rotatable bonds is 1. The lowest BCUT2D eigenvalue weighted by Crippen LogP contribution is -2.07. The highest BCUT2D eigenvalue weighted by Crippen LogP contribution is 2.21. The molecule has 0 aliphatic carbocycles. The van der Waals surface area contributed by atoms with Gasteiger partial charge in [0, 0.05) is 0 Å². The summed E-state index contributed by atoms with van der Waals surface area (Å²) in [6.45, 7) is 6.81. The summed E-state index contributed by atoms with van der Waals surface area (Å²) >= 11 is 1.78. The molecule has 1 heterocycles. The van der Waals surface area contributed by atoms with Crippen molar-refractivity contribution in [2.45, 2.75) is 27.2 Å². The molecule has 10 heavy (non-hydrogen) atoms. The van der Waals surface area contributed by atoms with Crippen LogP contribution in [0.1, 0.15) is 26.3 Å². The van der Waals surface area contributed by atoms with E-state index in [0.29, 0.717) is 5.41 Å². The van der Waals surface area contributed by atoms with Gasteiger partial charge in [-0.25, -0.2) is 0 Å². The fourth-order valence-electron chi connectivity index (χ4n) is 1.01. The molecule has 0 saturated heterocycles. The van der Waals surface area contributed by atoms with Crippen molar-refractivity contribution in [2.24, 2.45) is 5.41 Å². The molecule has 0 atom stereocenters. The Morgan fingerprint density at radius 2 is 2.10 bits per heavy atom. The summed E-state index contributed by atoms with van der Waals surface area (Å²) in [5.74, 6) is 0. The molecule has 0 saturated carbocycles. The quantitative estimate of drug-likeness (QED) is 0.582. The van der Waals surface area contributed by atoms with Crippen molar-refractivity contribution < 1.29 is 0 Å². The Morgan fingerprint density at radius 3 is 2.50 bits per heavy atom. The van der Waals surface area contributed by atoms with Gasteiger partial charge in [0.2, 0.25) is 0 Å². The van der Waals surface area contributed by atoms with Crippen LogP contribution in [0.2, 0.25) is 0 Å². The SMILES string of the molecule is CC(C)(C)Cc1ccsc1. The Bertz CT molecular complexity index is 179. The molecule has 1 aromatic rings.